The van der Waals surface area contributed by atoms with E-state index in [9.17, 15) is 4.79 Å². The van der Waals surface area contributed by atoms with Gasteiger partial charge in [-0.2, -0.15) is 4.37 Å². The maximum absolute atomic E-state index is 11.7. The minimum absolute atomic E-state index is 0.128. The summed E-state index contributed by atoms with van der Waals surface area (Å²) in [4.78, 5) is 23.4. The van der Waals surface area contributed by atoms with Crippen LogP contribution >= 0.6 is 11.5 Å². The number of hydrogen-bond acceptors (Lipinski definition) is 6. The first-order valence-electron chi connectivity index (χ1n) is 8.14. The van der Waals surface area contributed by atoms with E-state index in [1.807, 2.05) is 25.1 Å². The van der Waals surface area contributed by atoms with Gasteiger partial charge in [0.05, 0.1) is 6.61 Å². The third-order valence-electron chi connectivity index (χ3n) is 3.44. The molecule has 0 aliphatic rings. The number of hydroxylamine groups is 1. The van der Waals surface area contributed by atoms with Crippen molar-refractivity contribution in [2.24, 2.45) is 0 Å². The third-order valence-corrected chi connectivity index (χ3v) is 4.23. The lowest BCUT2D eigenvalue weighted by Gasteiger charge is -2.25. The Bertz CT molecular complexity index is 631. The summed E-state index contributed by atoms with van der Waals surface area (Å²) in [5.74, 6) is 0.683. The second-order valence-corrected chi connectivity index (χ2v) is 6.38. The molecule has 1 aromatic carbocycles. The molecule has 130 valence electrons. The summed E-state index contributed by atoms with van der Waals surface area (Å²) in [5.41, 5.74) is 3.61. The van der Waals surface area contributed by atoms with Crippen LogP contribution < -0.4 is 10.4 Å². The lowest BCUT2D eigenvalue weighted by molar-refractivity contribution is -0.132. The normalized spacial score (nSPS) is 10.8. The molecule has 0 aliphatic carbocycles. The van der Waals surface area contributed by atoms with Crippen molar-refractivity contribution < 1.29 is 9.63 Å². The van der Waals surface area contributed by atoms with Crippen molar-refractivity contribution in [2.75, 3.05) is 18.1 Å². The second kappa shape index (κ2) is 9.34. The van der Waals surface area contributed by atoms with Crippen LogP contribution in [0.4, 0.5) is 5.13 Å². The average molecular weight is 348 g/mol. The number of carbonyl (C=O) groups excluding carboxylic acids is 1. The van der Waals surface area contributed by atoms with Gasteiger partial charge in [-0.15, -0.1) is 0 Å². The van der Waals surface area contributed by atoms with E-state index in [-0.39, 0.29) is 11.9 Å². The Morgan fingerprint density at radius 1 is 1.33 bits per heavy atom. The van der Waals surface area contributed by atoms with E-state index >= 15 is 0 Å². The molecule has 24 heavy (non-hydrogen) atoms. The van der Waals surface area contributed by atoms with Crippen molar-refractivity contribution in [1.29, 1.82) is 0 Å². The number of nitrogens with zero attached hydrogens (tertiary/aromatic N) is 3. The van der Waals surface area contributed by atoms with E-state index in [1.165, 1.54) is 17.1 Å². The van der Waals surface area contributed by atoms with E-state index in [0.29, 0.717) is 26.0 Å². The summed E-state index contributed by atoms with van der Waals surface area (Å²) in [6.45, 7) is 7.03. The van der Waals surface area contributed by atoms with E-state index in [1.54, 1.807) is 0 Å². The Morgan fingerprint density at radius 3 is 2.75 bits per heavy atom. The fourth-order valence-electron chi connectivity index (χ4n) is 2.21. The monoisotopic (exact) mass is 348 g/mol. The van der Waals surface area contributed by atoms with Gasteiger partial charge in [-0.25, -0.2) is 10.5 Å². The van der Waals surface area contributed by atoms with E-state index in [0.717, 1.165) is 11.0 Å². The minimum Gasteiger partial charge on any atom is -0.344 e. The van der Waals surface area contributed by atoms with E-state index in [2.05, 4.69) is 45.7 Å². The van der Waals surface area contributed by atoms with Crippen molar-refractivity contribution in [3.63, 3.8) is 0 Å². The van der Waals surface area contributed by atoms with Gasteiger partial charge in [-0.3, -0.25) is 9.63 Å². The number of carbonyl (C=O) groups is 1. The van der Waals surface area contributed by atoms with Crippen LogP contribution in [0.25, 0.3) is 0 Å². The average Bonchev–Trinajstić information content (AvgIpc) is 3.02. The Labute approximate surface area is 147 Å². The van der Waals surface area contributed by atoms with Crippen LogP contribution in [0, 0.1) is 0 Å². The number of nitrogens with one attached hydrogen (secondary N) is 1. The highest BCUT2D eigenvalue weighted by Crippen LogP contribution is 2.21. The Morgan fingerprint density at radius 2 is 2.08 bits per heavy atom. The standard InChI is InChI=1S/C17H24N4O2S/c1-4-23-19-16(22)10-11-21(13(2)3)17-18-15(20-24-17)12-14-8-6-5-7-9-14/h5-9,13H,4,10-12H2,1-3H3,(H,19,22). The molecule has 0 radical (unpaired) electrons. The van der Waals surface area contributed by atoms with Crippen LogP contribution in [0.3, 0.4) is 0 Å². The van der Waals surface area contributed by atoms with Crippen LogP contribution in [-0.2, 0) is 16.1 Å². The fourth-order valence-corrected chi connectivity index (χ4v) is 3.06. The summed E-state index contributed by atoms with van der Waals surface area (Å²) in [6.07, 6.45) is 1.07. The highest BCUT2D eigenvalue weighted by molar-refractivity contribution is 7.09. The van der Waals surface area contributed by atoms with Crippen molar-refractivity contribution in [3.8, 4) is 0 Å². The molecule has 0 fully saturated rings. The molecule has 0 bridgehead atoms. The van der Waals surface area contributed by atoms with Crippen LogP contribution in [0.2, 0.25) is 0 Å². The molecule has 1 aromatic heterocycles. The zero-order chi connectivity index (χ0) is 17.4. The molecule has 0 aliphatic heterocycles. The molecule has 2 aromatic rings. The van der Waals surface area contributed by atoms with Gasteiger partial charge in [-0.1, -0.05) is 30.3 Å². The molecule has 1 heterocycles. The predicted octanol–water partition coefficient (Wildman–Crippen LogP) is 2.80. The summed E-state index contributed by atoms with van der Waals surface area (Å²) < 4.78 is 4.46. The lowest BCUT2D eigenvalue weighted by Crippen LogP contribution is -2.35. The topological polar surface area (TPSA) is 67.3 Å². The molecular formula is C17H24N4O2S. The van der Waals surface area contributed by atoms with Gasteiger partial charge in [0.25, 0.3) is 0 Å². The third kappa shape index (κ3) is 5.58. The van der Waals surface area contributed by atoms with E-state index < -0.39 is 0 Å². The van der Waals surface area contributed by atoms with Gasteiger partial charge < -0.3 is 4.90 Å². The molecule has 0 saturated heterocycles. The fraction of sp³-hybridized carbons (Fsp3) is 0.471. The molecule has 0 unspecified atom stereocenters. The van der Waals surface area contributed by atoms with Gasteiger partial charge in [0, 0.05) is 37.0 Å². The Kier molecular flexibility index (Phi) is 7.14. The maximum Gasteiger partial charge on any atom is 0.245 e. The van der Waals surface area contributed by atoms with E-state index in [4.69, 9.17) is 4.84 Å². The van der Waals surface area contributed by atoms with Gasteiger partial charge in [0.2, 0.25) is 11.0 Å². The molecule has 2 rings (SSSR count). The zero-order valence-corrected chi connectivity index (χ0v) is 15.2. The quantitative estimate of drug-likeness (QED) is 0.706. The van der Waals surface area contributed by atoms with Gasteiger partial charge in [0.15, 0.2) is 0 Å². The SMILES string of the molecule is CCONC(=O)CCN(c1nc(Cc2ccccc2)ns1)C(C)C. The predicted molar refractivity (Wildman–Crippen MR) is 96.0 cm³/mol. The van der Waals surface area contributed by atoms with Gasteiger partial charge in [0.1, 0.15) is 5.82 Å². The van der Waals surface area contributed by atoms with Crippen LogP contribution in [-0.4, -0.2) is 34.5 Å². The number of amides is 1. The molecule has 0 atom stereocenters. The Balaban J connectivity index is 1.97. The molecule has 1 N–H and O–H groups in total. The molecule has 0 spiro atoms. The van der Waals surface area contributed by atoms with Gasteiger partial charge in [-0.05, 0) is 26.3 Å². The number of aromatic nitrogens is 2. The molecule has 1 amide bonds. The summed E-state index contributed by atoms with van der Waals surface area (Å²) in [6, 6.07) is 10.4. The smallest absolute Gasteiger partial charge is 0.245 e. The van der Waals surface area contributed by atoms with Crippen molar-refractivity contribution >= 4 is 22.6 Å². The Hall–Kier alpha value is -1.99. The number of anilines is 1. The first kappa shape index (κ1) is 18.4. The van der Waals surface area contributed by atoms with Crippen LogP contribution in [0.15, 0.2) is 30.3 Å². The van der Waals surface area contributed by atoms with Crippen molar-refractivity contribution in [3.05, 3.63) is 41.7 Å². The number of benzene rings is 1. The minimum atomic E-state index is -0.128. The summed E-state index contributed by atoms with van der Waals surface area (Å²) in [5, 5.41) is 0.847. The first-order chi connectivity index (χ1) is 11.6. The van der Waals surface area contributed by atoms with Crippen molar-refractivity contribution in [1.82, 2.24) is 14.8 Å². The number of rotatable bonds is 9. The first-order valence-corrected chi connectivity index (χ1v) is 8.91. The molecular weight excluding hydrogens is 324 g/mol. The summed E-state index contributed by atoms with van der Waals surface area (Å²) >= 11 is 1.38. The highest BCUT2D eigenvalue weighted by Gasteiger charge is 2.17. The molecule has 7 heteroatoms. The summed E-state index contributed by atoms with van der Waals surface area (Å²) in [7, 11) is 0. The van der Waals surface area contributed by atoms with Gasteiger partial charge >= 0.3 is 0 Å². The number of hydrogen-bond donors (Lipinski definition) is 1. The maximum atomic E-state index is 11.7. The van der Waals surface area contributed by atoms with Crippen LogP contribution in [0.1, 0.15) is 38.6 Å². The second-order valence-electron chi connectivity index (χ2n) is 5.65. The zero-order valence-electron chi connectivity index (χ0n) is 14.4. The highest BCUT2D eigenvalue weighted by atomic mass is 32.1. The molecule has 0 saturated carbocycles. The molecule has 6 nitrogen and oxygen atoms in total. The van der Waals surface area contributed by atoms with Crippen LogP contribution in [0.5, 0.6) is 0 Å². The largest absolute Gasteiger partial charge is 0.344 e. The van der Waals surface area contributed by atoms with Crippen molar-refractivity contribution in [2.45, 2.75) is 39.7 Å². The lowest BCUT2D eigenvalue weighted by atomic mass is 10.1.